The van der Waals surface area contributed by atoms with Crippen LogP contribution in [0.15, 0.2) is 23.3 Å². The normalized spacial score (nSPS) is 42.9. The number of epoxide rings is 1. The van der Waals surface area contributed by atoms with Gasteiger partial charge in [0, 0.05) is 11.8 Å². The van der Waals surface area contributed by atoms with E-state index < -0.39 is 34.6 Å². The van der Waals surface area contributed by atoms with Crippen LogP contribution in [0.3, 0.4) is 0 Å². The molecule has 0 aromatic carbocycles. The Morgan fingerprint density at radius 3 is 2.44 bits per heavy atom. The summed E-state index contributed by atoms with van der Waals surface area (Å²) in [5, 5.41) is 22.5. The Kier molecular flexibility index (Phi) is 6.96. The molecule has 3 saturated carbocycles. The monoisotopic (exact) mass is 543 g/mol. The first-order chi connectivity index (χ1) is 18.1. The SMILES string of the molecule is CC(C)C(C)C=CC(C)C1CCC2=C3C(O)C4OC45CC(OC(=O)C(C)(C)N)CCC5(C)C3CCC21C(=O)O. The molecule has 5 rings (SSSR count). The second-order valence-electron chi connectivity index (χ2n) is 14.6. The van der Waals surface area contributed by atoms with Crippen LogP contribution in [0.25, 0.3) is 0 Å². The number of carbonyl (C=O) groups is 2. The van der Waals surface area contributed by atoms with Crippen molar-refractivity contribution in [3.63, 3.8) is 0 Å². The third-order valence-corrected chi connectivity index (χ3v) is 11.6. The predicted octanol–water partition coefficient (Wildman–Crippen LogP) is 5.01. The van der Waals surface area contributed by atoms with E-state index in [1.807, 2.05) is 0 Å². The molecule has 4 N–H and O–H groups in total. The molecular formula is C32H49NO6. The van der Waals surface area contributed by atoms with E-state index in [2.05, 4.69) is 46.8 Å². The summed E-state index contributed by atoms with van der Waals surface area (Å²) in [6.45, 7) is 14.3. The molecule has 0 radical (unpaired) electrons. The molecule has 1 aliphatic heterocycles. The van der Waals surface area contributed by atoms with E-state index in [0.29, 0.717) is 31.1 Å². The van der Waals surface area contributed by atoms with Crippen LogP contribution in [0.4, 0.5) is 0 Å². The van der Waals surface area contributed by atoms with Gasteiger partial charge in [-0.1, -0.05) is 52.3 Å². The first kappa shape index (κ1) is 28.8. The Hall–Kier alpha value is -1.70. The number of aliphatic hydroxyl groups excluding tert-OH is 1. The number of carboxylic acid groups (broad SMARTS) is 1. The molecule has 39 heavy (non-hydrogen) atoms. The topological polar surface area (TPSA) is 122 Å². The van der Waals surface area contributed by atoms with E-state index in [1.54, 1.807) is 13.8 Å². The van der Waals surface area contributed by atoms with E-state index in [0.717, 1.165) is 36.8 Å². The predicted molar refractivity (Wildman–Crippen MR) is 149 cm³/mol. The number of aliphatic carboxylic acids is 1. The summed E-state index contributed by atoms with van der Waals surface area (Å²) < 4.78 is 12.2. The number of carboxylic acids is 1. The van der Waals surface area contributed by atoms with Crippen molar-refractivity contribution < 1.29 is 29.3 Å². The average molecular weight is 544 g/mol. The fourth-order valence-electron chi connectivity index (χ4n) is 8.85. The van der Waals surface area contributed by atoms with Gasteiger partial charge in [-0.15, -0.1) is 0 Å². The van der Waals surface area contributed by atoms with Gasteiger partial charge in [0.1, 0.15) is 29.5 Å². The highest BCUT2D eigenvalue weighted by Gasteiger charge is 2.78. The third-order valence-electron chi connectivity index (χ3n) is 11.6. The number of carbonyl (C=O) groups excluding carboxylic acids is 1. The molecule has 0 aromatic heterocycles. The second kappa shape index (κ2) is 9.42. The van der Waals surface area contributed by atoms with Gasteiger partial charge in [0.05, 0.1) is 5.41 Å². The second-order valence-corrected chi connectivity index (χ2v) is 14.6. The van der Waals surface area contributed by atoms with Crippen LogP contribution in [-0.4, -0.2) is 51.6 Å². The standard InChI is InChI=1S/C32H49NO6/c1-17(2)18(3)8-9-19(4)21-10-11-23-24-22(13-15-31(21,23)27(35)36)30(7)14-12-20(38-28(37)29(5,6)33)16-32(30)26(39-32)25(24)34/h8-9,17-22,25-26,34H,10-16,33H2,1-7H3,(H,35,36). The summed E-state index contributed by atoms with van der Waals surface area (Å²) in [4.78, 5) is 25.7. The molecule has 0 bridgehead atoms. The third kappa shape index (κ3) is 4.16. The van der Waals surface area contributed by atoms with Crippen LogP contribution in [0.1, 0.15) is 93.4 Å². The van der Waals surface area contributed by atoms with Crippen molar-refractivity contribution in [3.05, 3.63) is 23.3 Å². The van der Waals surface area contributed by atoms with Crippen molar-refractivity contribution in [2.24, 2.45) is 46.2 Å². The molecule has 1 heterocycles. The zero-order valence-corrected chi connectivity index (χ0v) is 24.8. The van der Waals surface area contributed by atoms with Crippen molar-refractivity contribution in [1.29, 1.82) is 0 Å². The lowest BCUT2D eigenvalue weighted by Crippen LogP contribution is -2.59. The smallest absolute Gasteiger partial charge is 0.325 e. The van der Waals surface area contributed by atoms with Crippen molar-refractivity contribution in [3.8, 4) is 0 Å². The van der Waals surface area contributed by atoms with Gasteiger partial charge in [0.25, 0.3) is 0 Å². The van der Waals surface area contributed by atoms with Gasteiger partial charge in [-0.05, 0) is 87.5 Å². The van der Waals surface area contributed by atoms with Crippen LogP contribution in [-0.2, 0) is 19.1 Å². The first-order valence-corrected chi connectivity index (χ1v) is 15.1. The van der Waals surface area contributed by atoms with E-state index >= 15 is 0 Å². The van der Waals surface area contributed by atoms with Crippen LogP contribution >= 0.6 is 0 Å². The lowest BCUT2D eigenvalue weighted by Gasteiger charge is -2.55. The number of nitrogens with two attached hydrogens (primary N) is 1. The highest BCUT2D eigenvalue weighted by Crippen LogP contribution is 2.72. The summed E-state index contributed by atoms with van der Waals surface area (Å²) in [6, 6.07) is 0. The maximum Gasteiger partial charge on any atom is 0.325 e. The molecular weight excluding hydrogens is 494 g/mol. The Morgan fingerprint density at radius 2 is 1.82 bits per heavy atom. The molecule has 4 aliphatic carbocycles. The van der Waals surface area contributed by atoms with Crippen molar-refractivity contribution >= 4 is 11.9 Å². The van der Waals surface area contributed by atoms with Crippen LogP contribution in [0.5, 0.6) is 0 Å². The van der Waals surface area contributed by atoms with E-state index in [1.165, 1.54) is 0 Å². The minimum absolute atomic E-state index is 0.00985. The van der Waals surface area contributed by atoms with Gasteiger partial charge in [0.15, 0.2) is 0 Å². The van der Waals surface area contributed by atoms with E-state index in [9.17, 15) is 19.8 Å². The highest BCUT2D eigenvalue weighted by atomic mass is 16.6. The average Bonchev–Trinajstić information content (AvgIpc) is 3.45. The quantitative estimate of drug-likeness (QED) is 0.234. The van der Waals surface area contributed by atoms with Gasteiger partial charge in [0.2, 0.25) is 0 Å². The number of allylic oxidation sites excluding steroid dienone is 2. The molecule has 0 amide bonds. The summed E-state index contributed by atoms with van der Waals surface area (Å²) in [6.07, 6.45) is 7.93. The number of aliphatic hydroxyl groups is 1. The molecule has 4 fully saturated rings. The zero-order valence-electron chi connectivity index (χ0n) is 24.8. The largest absolute Gasteiger partial charge is 0.481 e. The molecule has 218 valence electrons. The fraction of sp³-hybridized carbons (Fsp3) is 0.812. The molecule has 1 saturated heterocycles. The summed E-state index contributed by atoms with van der Waals surface area (Å²) >= 11 is 0. The Morgan fingerprint density at radius 1 is 1.13 bits per heavy atom. The van der Waals surface area contributed by atoms with Crippen molar-refractivity contribution in [2.75, 3.05) is 0 Å². The number of esters is 1. The lowest BCUT2D eigenvalue weighted by atomic mass is 9.47. The van der Waals surface area contributed by atoms with Crippen LogP contribution in [0.2, 0.25) is 0 Å². The molecule has 0 aromatic rings. The maximum absolute atomic E-state index is 13.2. The van der Waals surface area contributed by atoms with Gasteiger partial charge < -0.3 is 25.4 Å². The fourth-order valence-corrected chi connectivity index (χ4v) is 8.85. The minimum atomic E-state index is -1.06. The molecule has 1 spiro atoms. The zero-order chi connectivity index (χ0) is 28.7. The van der Waals surface area contributed by atoms with Crippen molar-refractivity contribution in [2.45, 2.75) is 123 Å². The first-order valence-electron chi connectivity index (χ1n) is 15.1. The summed E-state index contributed by atoms with van der Waals surface area (Å²) in [5.41, 5.74) is 5.13. The molecule has 7 heteroatoms. The van der Waals surface area contributed by atoms with Crippen molar-refractivity contribution in [1.82, 2.24) is 0 Å². The van der Waals surface area contributed by atoms with Gasteiger partial charge >= 0.3 is 11.9 Å². The number of hydrogen-bond donors (Lipinski definition) is 3. The van der Waals surface area contributed by atoms with E-state index in [-0.39, 0.29) is 35.4 Å². The number of ether oxygens (including phenoxy) is 2. The highest BCUT2D eigenvalue weighted by molar-refractivity contribution is 5.81. The van der Waals surface area contributed by atoms with Gasteiger partial charge in [-0.2, -0.15) is 0 Å². The number of rotatable bonds is 7. The molecule has 7 nitrogen and oxygen atoms in total. The molecule has 10 atom stereocenters. The van der Waals surface area contributed by atoms with Crippen LogP contribution in [0, 0.1) is 40.4 Å². The molecule has 10 unspecified atom stereocenters. The number of hydrogen-bond acceptors (Lipinski definition) is 6. The Balaban J connectivity index is 1.46. The van der Waals surface area contributed by atoms with Gasteiger partial charge in [-0.25, -0.2) is 0 Å². The summed E-state index contributed by atoms with van der Waals surface area (Å²) in [7, 11) is 0. The van der Waals surface area contributed by atoms with Crippen LogP contribution < -0.4 is 5.73 Å². The minimum Gasteiger partial charge on any atom is -0.481 e. The number of fused-ring (bicyclic) bond motifs is 3. The Bertz CT molecular complexity index is 1090. The molecule has 5 aliphatic rings. The van der Waals surface area contributed by atoms with Gasteiger partial charge in [-0.3, -0.25) is 9.59 Å². The maximum atomic E-state index is 13.2. The van der Waals surface area contributed by atoms with E-state index in [4.69, 9.17) is 15.2 Å². The summed E-state index contributed by atoms with van der Waals surface area (Å²) in [5.74, 6) is 0.0356. The lowest BCUT2D eigenvalue weighted by molar-refractivity contribution is -0.161. The Labute approximate surface area is 233 Å².